The Morgan fingerprint density at radius 3 is 1.32 bits per heavy atom. The molecule has 12 nitrogen and oxygen atoms in total. The van der Waals surface area contributed by atoms with Crippen molar-refractivity contribution in [2.75, 3.05) is 63.3 Å². The van der Waals surface area contributed by atoms with E-state index in [1.807, 2.05) is 13.8 Å². The third-order valence-corrected chi connectivity index (χ3v) is 7.96. The summed E-state index contributed by atoms with van der Waals surface area (Å²) in [7, 11) is 3.13. The van der Waals surface area contributed by atoms with Crippen LogP contribution in [-0.4, -0.2) is 121 Å². The van der Waals surface area contributed by atoms with Gasteiger partial charge in [-0.1, -0.05) is 0 Å². The lowest BCUT2D eigenvalue weighted by molar-refractivity contribution is -0.129. The summed E-state index contributed by atoms with van der Waals surface area (Å²) in [4.78, 5) is 71.5. The number of hydrogen-bond donors (Lipinski definition) is 4. The third-order valence-electron chi connectivity index (χ3n) is 6.10. The van der Waals surface area contributed by atoms with Crippen LogP contribution in [0.25, 0.3) is 0 Å². The van der Waals surface area contributed by atoms with Gasteiger partial charge in [0.1, 0.15) is 0 Å². The van der Waals surface area contributed by atoms with Crippen molar-refractivity contribution in [3.8, 4) is 0 Å². The van der Waals surface area contributed by atoms with Gasteiger partial charge in [-0.05, 0) is 26.7 Å². The second-order valence-corrected chi connectivity index (χ2v) is 11.0. The van der Waals surface area contributed by atoms with Crippen LogP contribution < -0.4 is 21.3 Å². The average molecular weight is 575 g/mol. The molecule has 0 radical (unpaired) electrons. The highest BCUT2D eigenvalue weighted by Crippen LogP contribution is 2.17. The van der Waals surface area contributed by atoms with Crippen LogP contribution in [0.1, 0.15) is 39.5 Å². The Balaban J connectivity index is 0.000000380. The summed E-state index contributed by atoms with van der Waals surface area (Å²) < 4.78 is 0. The fourth-order valence-electron chi connectivity index (χ4n) is 3.80. The van der Waals surface area contributed by atoms with Gasteiger partial charge in [0, 0.05) is 65.2 Å². The highest BCUT2D eigenvalue weighted by Gasteiger charge is 2.27. The van der Waals surface area contributed by atoms with E-state index in [9.17, 15) is 28.8 Å². The average Bonchev–Trinajstić information content (AvgIpc) is 3.39. The smallest absolute Gasteiger partial charge is 0.230 e. The number of nitrogens with one attached hydrogen (secondary N) is 4. The topological polar surface area (TPSA) is 157 Å². The van der Waals surface area contributed by atoms with Gasteiger partial charge < -0.3 is 31.1 Å². The van der Waals surface area contributed by atoms with E-state index in [4.69, 9.17) is 0 Å². The zero-order valence-corrected chi connectivity index (χ0v) is 24.4. The molecule has 0 spiro atoms. The van der Waals surface area contributed by atoms with Crippen molar-refractivity contribution in [2.45, 2.75) is 51.6 Å². The normalized spacial score (nSPS) is 18.5. The monoisotopic (exact) mass is 574 g/mol. The predicted octanol–water partition coefficient (Wildman–Crippen LogP) is -0.815. The Morgan fingerprint density at radius 1 is 0.684 bits per heavy atom. The molecule has 38 heavy (non-hydrogen) atoms. The molecule has 2 rings (SSSR count). The van der Waals surface area contributed by atoms with Crippen molar-refractivity contribution >= 4 is 59.0 Å². The Kier molecular flexibility index (Phi) is 16.5. The minimum Gasteiger partial charge on any atom is -0.358 e. The maximum atomic E-state index is 11.5. The summed E-state index contributed by atoms with van der Waals surface area (Å²) in [6.07, 6.45) is 3.01. The molecule has 2 atom stereocenters. The third kappa shape index (κ3) is 13.4. The van der Waals surface area contributed by atoms with Crippen LogP contribution >= 0.6 is 23.5 Å². The number of hydrogen-bond acceptors (Lipinski definition) is 8. The minimum atomic E-state index is -0.104. The maximum absolute atomic E-state index is 11.5. The van der Waals surface area contributed by atoms with Crippen LogP contribution in [0.4, 0.5) is 0 Å². The number of amides is 6. The molecule has 0 saturated carbocycles. The summed E-state index contributed by atoms with van der Waals surface area (Å²) in [6.45, 7) is 6.10. The van der Waals surface area contributed by atoms with Crippen LogP contribution in [0.15, 0.2) is 0 Å². The molecule has 14 heteroatoms. The van der Waals surface area contributed by atoms with Crippen LogP contribution in [0, 0.1) is 0 Å². The van der Waals surface area contributed by atoms with E-state index < -0.39 is 0 Å². The van der Waals surface area contributed by atoms with Crippen molar-refractivity contribution in [3.05, 3.63) is 0 Å². The van der Waals surface area contributed by atoms with Crippen LogP contribution in [-0.2, 0) is 28.8 Å². The number of carbonyl (C=O) groups is 6. The van der Waals surface area contributed by atoms with Gasteiger partial charge in [-0.15, -0.1) is 23.5 Å². The zero-order chi connectivity index (χ0) is 28.5. The number of nitrogens with zero attached hydrogens (tertiary/aromatic N) is 2. The van der Waals surface area contributed by atoms with Gasteiger partial charge >= 0.3 is 0 Å². The second kappa shape index (κ2) is 18.7. The molecule has 0 aromatic heterocycles. The molecule has 2 aliphatic heterocycles. The predicted molar refractivity (Wildman–Crippen MR) is 150 cm³/mol. The number of rotatable bonds is 14. The first-order valence-corrected chi connectivity index (χ1v) is 15.1. The summed E-state index contributed by atoms with van der Waals surface area (Å²) in [5.74, 6) is 1.03. The molecule has 2 heterocycles. The SMILES string of the molecule is CNC(=O)CSCC(=O)NCCN1C(=O)CC[C@@H]1C.CNC(=O)CSCC(=O)NCCN1C(=O)CC[C@H]1C. The fourth-order valence-corrected chi connectivity index (χ4v) is 5.23. The Bertz CT molecular complexity index is 764. The first-order valence-electron chi connectivity index (χ1n) is 12.8. The summed E-state index contributed by atoms with van der Waals surface area (Å²) >= 11 is 2.55. The highest BCUT2D eigenvalue weighted by atomic mass is 32.2. The fraction of sp³-hybridized carbons (Fsp3) is 0.750. The quantitative estimate of drug-likeness (QED) is 0.210. The molecule has 0 unspecified atom stereocenters. The minimum absolute atomic E-state index is 0.0886. The van der Waals surface area contributed by atoms with Crippen molar-refractivity contribution < 1.29 is 28.8 Å². The van der Waals surface area contributed by atoms with Crippen LogP contribution in [0.2, 0.25) is 0 Å². The van der Waals surface area contributed by atoms with Gasteiger partial charge in [-0.3, -0.25) is 28.8 Å². The Morgan fingerprint density at radius 2 is 1.03 bits per heavy atom. The molecule has 0 aromatic carbocycles. The molecule has 0 aliphatic carbocycles. The molecule has 0 aromatic rings. The van der Waals surface area contributed by atoms with Crippen molar-refractivity contribution in [2.24, 2.45) is 0 Å². The van der Waals surface area contributed by atoms with E-state index >= 15 is 0 Å². The molecule has 2 aliphatic rings. The van der Waals surface area contributed by atoms with Crippen molar-refractivity contribution in [1.82, 2.24) is 31.1 Å². The Labute approximate surface area is 233 Å². The van der Waals surface area contributed by atoms with Crippen molar-refractivity contribution in [1.29, 1.82) is 0 Å². The van der Waals surface area contributed by atoms with Crippen molar-refractivity contribution in [3.63, 3.8) is 0 Å². The van der Waals surface area contributed by atoms with Gasteiger partial charge in [0.2, 0.25) is 35.4 Å². The van der Waals surface area contributed by atoms with Crippen LogP contribution in [0.3, 0.4) is 0 Å². The number of carbonyl (C=O) groups excluding carboxylic acids is 6. The molecule has 2 fully saturated rings. The summed E-state index contributed by atoms with van der Waals surface area (Å²) in [5.41, 5.74) is 0. The van der Waals surface area contributed by atoms with Gasteiger partial charge in [-0.25, -0.2) is 0 Å². The lowest BCUT2D eigenvalue weighted by atomic mass is 10.2. The molecule has 6 amide bonds. The molecular weight excluding hydrogens is 532 g/mol. The first kappa shape index (κ1) is 33.5. The summed E-state index contributed by atoms with van der Waals surface area (Å²) in [5, 5.41) is 10.5. The van der Waals surface area contributed by atoms with E-state index in [0.717, 1.165) is 12.8 Å². The Hall–Kier alpha value is -2.48. The highest BCUT2D eigenvalue weighted by molar-refractivity contribution is 8.00. The lowest BCUT2D eigenvalue weighted by Gasteiger charge is -2.21. The maximum Gasteiger partial charge on any atom is 0.230 e. The van der Waals surface area contributed by atoms with E-state index in [1.54, 1.807) is 23.9 Å². The van der Waals surface area contributed by atoms with E-state index in [1.165, 1.54) is 23.5 Å². The van der Waals surface area contributed by atoms with E-state index in [2.05, 4.69) is 21.3 Å². The lowest BCUT2D eigenvalue weighted by Crippen LogP contribution is -2.39. The van der Waals surface area contributed by atoms with Gasteiger partial charge in [0.15, 0.2) is 0 Å². The first-order chi connectivity index (χ1) is 18.1. The van der Waals surface area contributed by atoms with E-state index in [0.29, 0.717) is 39.0 Å². The molecule has 4 N–H and O–H groups in total. The second-order valence-electron chi connectivity index (χ2n) is 8.98. The molecular formula is C24H42N6O6S2. The molecule has 2 saturated heterocycles. The molecule has 0 bridgehead atoms. The van der Waals surface area contributed by atoms with Gasteiger partial charge in [-0.2, -0.15) is 0 Å². The summed E-state index contributed by atoms with van der Waals surface area (Å²) in [6, 6.07) is 0.541. The number of likely N-dealkylation sites (tertiary alicyclic amines) is 2. The molecule has 216 valence electrons. The van der Waals surface area contributed by atoms with E-state index in [-0.39, 0.29) is 70.5 Å². The van der Waals surface area contributed by atoms with Gasteiger partial charge in [0.05, 0.1) is 23.0 Å². The number of thioether (sulfide) groups is 2. The standard InChI is InChI=1S/2C12H21N3O3S/c2*1-9-3-4-12(18)15(9)6-5-14-11(17)8-19-7-10(16)13-2/h2*9H,3-8H2,1-2H3,(H,13,16)(H,14,17)/t2*9-/m10/s1. The van der Waals surface area contributed by atoms with Gasteiger partial charge in [0.25, 0.3) is 0 Å². The largest absolute Gasteiger partial charge is 0.358 e. The van der Waals surface area contributed by atoms with Crippen LogP contribution in [0.5, 0.6) is 0 Å². The zero-order valence-electron chi connectivity index (χ0n) is 22.8.